The number of fused-ring (bicyclic) bond motifs is 2. The molecule has 0 radical (unpaired) electrons. The molecule has 1 aromatic heterocycles. The number of hydrogen-bond donors (Lipinski definition) is 1. The maximum absolute atomic E-state index is 13.4. The lowest BCUT2D eigenvalue weighted by Gasteiger charge is -2.35. The van der Waals surface area contributed by atoms with Crippen LogP contribution in [0.2, 0.25) is 0 Å². The number of carbonyl (C=O) groups excluding carboxylic acids is 2. The summed E-state index contributed by atoms with van der Waals surface area (Å²) < 4.78 is 0. The Morgan fingerprint density at radius 3 is 2.59 bits per heavy atom. The second kappa shape index (κ2) is 7.15. The fourth-order valence-corrected chi connectivity index (χ4v) is 4.85. The van der Waals surface area contributed by atoms with Crippen molar-refractivity contribution in [2.75, 3.05) is 37.7 Å². The lowest BCUT2D eigenvalue weighted by molar-refractivity contribution is -0.364. The molecule has 1 aromatic carbocycles. The first-order chi connectivity index (χ1) is 14.2. The highest BCUT2D eigenvalue weighted by atomic mass is 16.2. The molecule has 1 spiro atoms. The molecule has 2 aromatic rings. The van der Waals surface area contributed by atoms with Crippen LogP contribution in [-0.4, -0.2) is 54.6 Å². The van der Waals surface area contributed by atoms with Crippen LogP contribution in [0, 0.1) is 0 Å². The summed E-state index contributed by atoms with van der Waals surface area (Å²) in [4.78, 5) is 35.3. The number of aromatic nitrogens is 1. The first-order valence-electron chi connectivity index (χ1n) is 10.3. The van der Waals surface area contributed by atoms with Gasteiger partial charge in [-0.25, -0.2) is 14.7 Å². The van der Waals surface area contributed by atoms with E-state index >= 15 is 0 Å². The monoisotopic (exact) mass is 392 g/mol. The van der Waals surface area contributed by atoms with Gasteiger partial charge in [-0.1, -0.05) is 30.3 Å². The molecule has 3 amide bonds. The van der Waals surface area contributed by atoms with Crippen LogP contribution < -0.4 is 15.2 Å². The van der Waals surface area contributed by atoms with E-state index in [1.165, 1.54) is 10.5 Å². The van der Waals surface area contributed by atoms with Gasteiger partial charge in [0.2, 0.25) is 0 Å². The molecule has 2 saturated heterocycles. The lowest BCUT2D eigenvalue weighted by atomic mass is 9.76. The van der Waals surface area contributed by atoms with Crippen molar-refractivity contribution in [3.8, 4) is 0 Å². The van der Waals surface area contributed by atoms with E-state index in [4.69, 9.17) is 0 Å². The Hall–Kier alpha value is -2.93. The number of aromatic amines is 1. The quantitative estimate of drug-likeness (QED) is 0.801. The van der Waals surface area contributed by atoms with E-state index in [9.17, 15) is 9.59 Å². The van der Waals surface area contributed by atoms with Crippen molar-refractivity contribution >= 4 is 17.8 Å². The van der Waals surface area contributed by atoms with Crippen LogP contribution >= 0.6 is 0 Å². The largest absolute Gasteiger partial charge is 0.326 e. The van der Waals surface area contributed by atoms with Gasteiger partial charge in [0.05, 0.1) is 26.0 Å². The number of H-pyrrole nitrogens is 1. The SMILES string of the molecule is O=C1N[C@]2(CCCc3ccccc32)C(=O)N1CN1CCN(c2cccc[nH+]2)CC1. The minimum absolute atomic E-state index is 0.103. The first kappa shape index (κ1) is 18.1. The number of pyridine rings is 1. The Balaban J connectivity index is 1.29. The summed E-state index contributed by atoms with van der Waals surface area (Å²) in [6, 6.07) is 13.8. The van der Waals surface area contributed by atoms with Crippen LogP contribution in [0.3, 0.4) is 0 Å². The highest BCUT2D eigenvalue weighted by molar-refractivity contribution is 6.07. The number of piperazine rings is 1. The number of carbonyl (C=O) groups is 2. The fraction of sp³-hybridized carbons (Fsp3) is 0.409. The summed E-state index contributed by atoms with van der Waals surface area (Å²) >= 11 is 0. The molecule has 0 saturated carbocycles. The van der Waals surface area contributed by atoms with Crippen LogP contribution in [0.25, 0.3) is 0 Å². The van der Waals surface area contributed by atoms with Gasteiger partial charge in [0, 0.05) is 19.2 Å². The van der Waals surface area contributed by atoms with Crippen LogP contribution in [-0.2, 0) is 16.8 Å². The summed E-state index contributed by atoms with van der Waals surface area (Å²) in [5.74, 6) is 0.994. The molecule has 5 rings (SSSR count). The summed E-state index contributed by atoms with van der Waals surface area (Å²) in [7, 11) is 0. The zero-order valence-corrected chi connectivity index (χ0v) is 16.4. The summed E-state index contributed by atoms with van der Waals surface area (Å²) in [6.45, 7) is 3.68. The summed E-state index contributed by atoms with van der Waals surface area (Å²) in [5, 5.41) is 3.04. The van der Waals surface area contributed by atoms with Crippen molar-refractivity contribution < 1.29 is 14.6 Å². The van der Waals surface area contributed by atoms with Crippen LogP contribution in [0.15, 0.2) is 48.7 Å². The Morgan fingerprint density at radius 2 is 1.79 bits per heavy atom. The summed E-state index contributed by atoms with van der Waals surface area (Å²) in [5.41, 5.74) is 1.26. The third-order valence-electron chi connectivity index (χ3n) is 6.40. The first-order valence-corrected chi connectivity index (χ1v) is 10.3. The zero-order valence-electron chi connectivity index (χ0n) is 16.4. The maximum Gasteiger partial charge on any atom is 0.326 e. The van der Waals surface area contributed by atoms with Crippen molar-refractivity contribution in [1.82, 2.24) is 15.1 Å². The number of nitrogens with zero attached hydrogens (tertiary/aromatic N) is 3. The van der Waals surface area contributed by atoms with Gasteiger partial charge in [0.25, 0.3) is 11.7 Å². The average molecular weight is 392 g/mol. The third-order valence-corrected chi connectivity index (χ3v) is 6.40. The maximum atomic E-state index is 13.4. The molecule has 2 fully saturated rings. The van der Waals surface area contributed by atoms with Crippen molar-refractivity contribution in [3.63, 3.8) is 0 Å². The third kappa shape index (κ3) is 3.06. The highest BCUT2D eigenvalue weighted by Gasteiger charge is 2.54. The Morgan fingerprint density at radius 1 is 1.00 bits per heavy atom. The smallest absolute Gasteiger partial charge is 0.319 e. The normalized spacial score (nSPS) is 24.7. The molecule has 7 nitrogen and oxygen atoms in total. The van der Waals surface area contributed by atoms with Gasteiger partial charge in [-0.05, 0) is 36.5 Å². The summed E-state index contributed by atoms with van der Waals surface area (Å²) in [6.07, 6.45) is 4.46. The molecule has 3 aliphatic rings. The molecule has 2 aliphatic heterocycles. The molecule has 29 heavy (non-hydrogen) atoms. The number of anilines is 1. The molecule has 0 bridgehead atoms. The minimum Gasteiger partial charge on any atom is -0.319 e. The van der Waals surface area contributed by atoms with E-state index in [1.807, 2.05) is 36.5 Å². The van der Waals surface area contributed by atoms with Gasteiger partial charge in [-0.2, -0.15) is 0 Å². The van der Waals surface area contributed by atoms with E-state index in [1.54, 1.807) is 0 Å². The second-order valence-electron chi connectivity index (χ2n) is 8.07. The average Bonchev–Trinajstić information content (AvgIpc) is 3.00. The van der Waals surface area contributed by atoms with Gasteiger partial charge < -0.3 is 5.32 Å². The molecule has 3 heterocycles. The number of benzene rings is 1. The van der Waals surface area contributed by atoms with Crippen molar-refractivity contribution in [2.24, 2.45) is 0 Å². The lowest BCUT2D eigenvalue weighted by Crippen LogP contribution is -2.52. The second-order valence-corrected chi connectivity index (χ2v) is 8.07. The molecule has 150 valence electrons. The number of nitrogens with one attached hydrogen (secondary N) is 2. The predicted octanol–water partition coefficient (Wildman–Crippen LogP) is 1.36. The van der Waals surface area contributed by atoms with Crippen LogP contribution in [0.4, 0.5) is 10.6 Å². The molecule has 1 aliphatic carbocycles. The Bertz CT molecular complexity index is 926. The standard InChI is InChI=1S/C22H25N5O2/c28-20-22(10-5-7-17-6-1-2-8-18(17)22)24-21(29)27(20)16-25-12-14-26(15-13-25)19-9-3-4-11-23-19/h1-4,6,8-9,11H,5,7,10,12-16H2,(H,24,29)/p+1/t22-/m0/s1. The van der Waals surface area contributed by atoms with E-state index in [0.717, 1.165) is 50.4 Å². The minimum atomic E-state index is -0.882. The molecule has 0 unspecified atom stereocenters. The molecular formula is C22H26N5O2+. The van der Waals surface area contributed by atoms with Gasteiger partial charge in [0.1, 0.15) is 5.54 Å². The van der Waals surface area contributed by atoms with Gasteiger partial charge in [-0.3, -0.25) is 14.6 Å². The number of rotatable bonds is 3. The highest BCUT2D eigenvalue weighted by Crippen LogP contribution is 2.39. The number of amides is 3. The van der Waals surface area contributed by atoms with Gasteiger partial charge in [0.15, 0.2) is 0 Å². The zero-order chi connectivity index (χ0) is 19.8. The molecular weight excluding hydrogens is 366 g/mol. The van der Waals surface area contributed by atoms with Gasteiger partial charge in [-0.15, -0.1) is 0 Å². The van der Waals surface area contributed by atoms with Crippen LogP contribution in [0.5, 0.6) is 0 Å². The van der Waals surface area contributed by atoms with E-state index < -0.39 is 5.54 Å². The van der Waals surface area contributed by atoms with E-state index in [-0.39, 0.29) is 11.9 Å². The Kier molecular flexibility index (Phi) is 4.47. The Labute approximate surface area is 170 Å². The van der Waals surface area contributed by atoms with Crippen molar-refractivity contribution in [1.29, 1.82) is 0 Å². The predicted molar refractivity (Wildman–Crippen MR) is 108 cm³/mol. The van der Waals surface area contributed by atoms with Gasteiger partial charge >= 0.3 is 6.03 Å². The van der Waals surface area contributed by atoms with Crippen molar-refractivity contribution in [2.45, 2.75) is 24.8 Å². The molecule has 1 atom stereocenters. The topological polar surface area (TPSA) is 70.0 Å². The van der Waals surface area contributed by atoms with E-state index in [2.05, 4.69) is 32.2 Å². The number of aryl methyl sites for hydroxylation is 1. The fourth-order valence-electron chi connectivity index (χ4n) is 4.85. The van der Waals surface area contributed by atoms with E-state index in [0.29, 0.717) is 13.1 Å². The number of urea groups is 1. The molecule has 2 N–H and O–H groups in total. The van der Waals surface area contributed by atoms with Crippen LogP contribution in [0.1, 0.15) is 24.0 Å². The van der Waals surface area contributed by atoms with Crippen molar-refractivity contribution in [3.05, 3.63) is 59.8 Å². The number of imide groups is 1. The molecule has 7 heteroatoms. The number of hydrogen-bond acceptors (Lipinski definition) is 4.